The van der Waals surface area contributed by atoms with Gasteiger partial charge in [-0.15, -0.1) is 0 Å². The molecule has 0 amide bonds. The van der Waals surface area contributed by atoms with Gasteiger partial charge in [0.2, 0.25) is 0 Å². The Hall–Kier alpha value is -2.49. The Balaban J connectivity index is 1.81. The molecule has 0 aromatic heterocycles. The third-order valence-corrected chi connectivity index (χ3v) is 5.65. The average Bonchev–Trinajstić information content (AvgIpc) is 2.71. The summed E-state index contributed by atoms with van der Waals surface area (Å²) in [5.74, 6) is 0.853. The van der Waals surface area contributed by atoms with E-state index in [-0.39, 0.29) is 0 Å². The second-order valence-electron chi connectivity index (χ2n) is 6.60. The Morgan fingerprint density at radius 2 is 1.56 bits per heavy atom. The minimum absolute atomic E-state index is 0.301. The molecule has 0 spiro atoms. The molecule has 0 heterocycles. The molecule has 0 aliphatic carbocycles. The average molecular weight is 375 g/mol. The Bertz CT molecular complexity index is 1060. The molecule has 4 aromatic rings. The Labute approximate surface area is 163 Å². The normalized spacial score (nSPS) is 12.4. The van der Waals surface area contributed by atoms with Crippen molar-refractivity contribution in [2.75, 3.05) is 6.61 Å². The fraction of sp³-hybridized carbons (Fsp3) is 0.167. The lowest BCUT2D eigenvalue weighted by Crippen LogP contribution is -2.16. The van der Waals surface area contributed by atoms with Crippen LogP contribution in [0.25, 0.3) is 21.5 Å². The third kappa shape index (κ3) is 3.95. The monoisotopic (exact) mass is 374 g/mol. The molecule has 1 atom stereocenters. The molecule has 0 aliphatic rings. The van der Waals surface area contributed by atoms with E-state index in [2.05, 4.69) is 60.7 Å². The van der Waals surface area contributed by atoms with Gasteiger partial charge in [-0.2, -0.15) is 0 Å². The van der Waals surface area contributed by atoms with Crippen LogP contribution in [0.5, 0.6) is 5.75 Å². The zero-order valence-electron chi connectivity index (χ0n) is 15.3. The van der Waals surface area contributed by atoms with Gasteiger partial charge in [-0.05, 0) is 47.5 Å². The third-order valence-electron chi connectivity index (χ3n) is 4.66. The van der Waals surface area contributed by atoms with Gasteiger partial charge < -0.3 is 9.84 Å². The molecule has 0 saturated heterocycles. The van der Waals surface area contributed by atoms with Gasteiger partial charge in [-0.3, -0.25) is 0 Å². The van der Waals surface area contributed by atoms with Crippen molar-refractivity contribution in [3.05, 3.63) is 78.9 Å². The van der Waals surface area contributed by atoms with Crippen LogP contribution in [0.15, 0.2) is 88.7 Å². The van der Waals surface area contributed by atoms with Gasteiger partial charge in [0.25, 0.3) is 0 Å². The van der Waals surface area contributed by atoms with Crippen molar-refractivity contribution >= 4 is 33.3 Å². The molecule has 1 unspecified atom stereocenters. The van der Waals surface area contributed by atoms with Crippen LogP contribution < -0.4 is 4.74 Å². The molecule has 2 nitrogen and oxygen atoms in total. The van der Waals surface area contributed by atoms with Crippen molar-refractivity contribution in [3.63, 3.8) is 0 Å². The van der Waals surface area contributed by atoms with Crippen molar-refractivity contribution in [2.24, 2.45) is 0 Å². The lowest BCUT2D eigenvalue weighted by molar-refractivity contribution is 0.106. The van der Waals surface area contributed by atoms with Crippen molar-refractivity contribution in [3.8, 4) is 5.75 Å². The summed E-state index contributed by atoms with van der Waals surface area (Å²) in [6, 6.07) is 27.3. The van der Waals surface area contributed by atoms with Crippen molar-refractivity contribution in [1.82, 2.24) is 0 Å². The molecule has 4 rings (SSSR count). The highest BCUT2D eigenvalue weighted by atomic mass is 32.2. The first kappa shape index (κ1) is 17.9. The molecule has 0 radical (unpaired) electrons. The number of ether oxygens (including phenoxy) is 1. The zero-order chi connectivity index (χ0) is 18.6. The van der Waals surface area contributed by atoms with Crippen LogP contribution in [0, 0.1) is 0 Å². The predicted molar refractivity (Wildman–Crippen MR) is 114 cm³/mol. The number of rotatable bonds is 6. The van der Waals surface area contributed by atoms with E-state index in [1.165, 1.54) is 9.79 Å². The maximum Gasteiger partial charge on any atom is 0.135 e. The standard InChI is InChI=1S/C24H22O2S/c1-2-19(25)16-26-24-22-11-7-6-8-17(22)14-18-12-13-21(15-23(18)24)27-20-9-4-3-5-10-20/h3-15,19,25H,2,16H2,1H3. The molecule has 4 aromatic carbocycles. The van der Waals surface area contributed by atoms with Gasteiger partial charge >= 0.3 is 0 Å². The second-order valence-corrected chi connectivity index (χ2v) is 7.74. The van der Waals surface area contributed by atoms with E-state index < -0.39 is 6.10 Å². The van der Waals surface area contributed by atoms with E-state index in [0.717, 1.165) is 27.3 Å². The van der Waals surface area contributed by atoms with Crippen molar-refractivity contribution in [1.29, 1.82) is 0 Å². The van der Waals surface area contributed by atoms with Gasteiger partial charge in [0.1, 0.15) is 12.4 Å². The topological polar surface area (TPSA) is 29.5 Å². The van der Waals surface area contributed by atoms with Crippen LogP contribution in [-0.4, -0.2) is 17.8 Å². The van der Waals surface area contributed by atoms with E-state index in [9.17, 15) is 5.11 Å². The first-order chi connectivity index (χ1) is 13.2. The Morgan fingerprint density at radius 3 is 2.37 bits per heavy atom. The van der Waals surface area contributed by atoms with Gasteiger partial charge in [-0.25, -0.2) is 0 Å². The summed E-state index contributed by atoms with van der Waals surface area (Å²) in [6.45, 7) is 2.26. The molecule has 0 bridgehead atoms. The summed E-state index contributed by atoms with van der Waals surface area (Å²) in [5, 5.41) is 14.4. The highest BCUT2D eigenvalue weighted by molar-refractivity contribution is 7.99. The van der Waals surface area contributed by atoms with Crippen LogP contribution >= 0.6 is 11.8 Å². The molecular weight excluding hydrogens is 352 g/mol. The molecule has 1 N–H and O–H groups in total. The van der Waals surface area contributed by atoms with E-state index in [4.69, 9.17) is 4.74 Å². The smallest absolute Gasteiger partial charge is 0.135 e. The van der Waals surface area contributed by atoms with Crippen LogP contribution in [-0.2, 0) is 0 Å². The molecule has 0 fully saturated rings. The summed E-state index contributed by atoms with van der Waals surface area (Å²) in [7, 11) is 0. The number of fused-ring (bicyclic) bond motifs is 2. The highest BCUT2D eigenvalue weighted by Gasteiger charge is 2.12. The fourth-order valence-electron chi connectivity index (χ4n) is 3.14. The molecule has 27 heavy (non-hydrogen) atoms. The summed E-state index contributed by atoms with van der Waals surface area (Å²) in [6.07, 6.45) is 0.221. The number of benzene rings is 4. The Kier molecular flexibility index (Phi) is 5.33. The fourth-order valence-corrected chi connectivity index (χ4v) is 4.02. The largest absolute Gasteiger partial charge is 0.490 e. The maximum absolute atomic E-state index is 9.98. The van der Waals surface area contributed by atoms with Gasteiger partial charge in [-0.1, -0.05) is 67.2 Å². The lowest BCUT2D eigenvalue weighted by Gasteiger charge is -2.16. The highest BCUT2D eigenvalue weighted by Crippen LogP contribution is 2.38. The van der Waals surface area contributed by atoms with Crippen molar-refractivity contribution in [2.45, 2.75) is 29.2 Å². The van der Waals surface area contributed by atoms with E-state index in [1.807, 2.05) is 25.1 Å². The predicted octanol–water partition coefficient (Wildman–Crippen LogP) is 6.29. The lowest BCUT2D eigenvalue weighted by atomic mass is 10.0. The van der Waals surface area contributed by atoms with Gasteiger partial charge in [0.15, 0.2) is 0 Å². The first-order valence-corrected chi connectivity index (χ1v) is 10.1. The van der Waals surface area contributed by atoms with E-state index in [0.29, 0.717) is 13.0 Å². The molecule has 3 heteroatoms. The number of aliphatic hydroxyl groups excluding tert-OH is 1. The van der Waals surface area contributed by atoms with E-state index >= 15 is 0 Å². The Morgan fingerprint density at radius 1 is 0.815 bits per heavy atom. The van der Waals surface area contributed by atoms with E-state index in [1.54, 1.807) is 11.8 Å². The summed E-state index contributed by atoms with van der Waals surface area (Å²) in [4.78, 5) is 2.38. The first-order valence-electron chi connectivity index (χ1n) is 9.24. The van der Waals surface area contributed by atoms with Crippen LogP contribution in [0.3, 0.4) is 0 Å². The van der Waals surface area contributed by atoms with Crippen LogP contribution in [0.4, 0.5) is 0 Å². The molecule has 0 saturated carbocycles. The molecule has 0 aliphatic heterocycles. The van der Waals surface area contributed by atoms with Gasteiger partial charge in [0, 0.05) is 20.6 Å². The minimum Gasteiger partial charge on any atom is -0.490 e. The SMILES string of the molecule is CCC(O)COc1c2ccccc2cc2ccc(Sc3ccccc3)cc12. The number of aliphatic hydroxyl groups is 1. The van der Waals surface area contributed by atoms with Crippen LogP contribution in [0.1, 0.15) is 13.3 Å². The summed E-state index contributed by atoms with van der Waals surface area (Å²) < 4.78 is 6.13. The van der Waals surface area contributed by atoms with Gasteiger partial charge in [0.05, 0.1) is 6.10 Å². The maximum atomic E-state index is 9.98. The minimum atomic E-state index is -0.458. The summed E-state index contributed by atoms with van der Waals surface area (Å²) >= 11 is 1.74. The van der Waals surface area contributed by atoms with Crippen LogP contribution in [0.2, 0.25) is 0 Å². The second kappa shape index (κ2) is 8.03. The summed E-state index contributed by atoms with van der Waals surface area (Å²) in [5.41, 5.74) is 0. The number of hydrogen-bond acceptors (Lipinski definition) is 3. The number of hydrogen-bond donors (Lipinski definition) is 1. The molecule has 136 valence electrons. The molecular formula is C24H22O2S. The quantitative estimate of drug-likeness (QED) is 0.402. The zero-order valence-corrected chi connectivity index (χ0v) is 16.1. The van der Waals surface area contributed by atoms with Crippen molar-refractivity contribution < 1.29 is 9.84 Å².